The molecule has 0 bridgehead atoms. The van der Waals surface area contributed by atoms with Crippen molar-refractivity contribution in [1.82, 2.24) is 5.32 Å². The molecule has 0 saturated carbocycles. The molecule has 0 fully saturated rings. The van der Waals surface area contributed by atoms with Crippen LogP contribution in [-0.4, -0.2) is 50.7 Å². The second-order valence-electron chi connectivity index (χ2n) is 4.30. The summed E-state index contributed by atoms with van der Waals surface area (Å²) in [6, 6.07) is 0.429. The maximum Gasteiger partial charge on any atom is 0.0897 e. The quantitative estimate of drug-likeness (QED) is 0.553. The predicted octanol–water partition coefficient (Wildman–Crippen LogP) is 1.03. The summed E-state index contributed by atoms with van der Waals surface area (Å²) in [7, 11) is 1.63. The Hall–Kier alpha value is -0.160. The van der Waals surface area contributed by atoms with Crippen LogP contribution in [-0.2, 0) is 9.47 Å². The minimum Gasteiger partial charge on any atom is -0.389 e. The van der Waals surface area contributed by atoms with E-state index in [2.05, 4.69) is 26.1 Å². The Kier molecular flexibility index (Phi) is 9.92. The summed E-state index contributed by atoms with van der Waals surface area (Å²) >= 11 is 0. The molecule has 0 amide bonds. The molecule has 0 spiro atoms. The predicted molar refractivity (Wildman–Crippen MR) is 65.6 cm³/mol. The Morgan fingerprint density at radius 3 is 2.50 bits per heavy atom. The van der Waals surface area contributed by atoms with Crippen molar-refractivity contribution in [2.45, 2.75) is 39.3 Å². The SMILES string of the molecule is CCC(C)C(C)NCC(O)COCCOC. The molecule has 16 heavy (non-hydrogen) atoms. The van der Waals surface area contributed by atoms with Gasteiger partial charge in [-0.1, -0.05) is 20.3 Å². The molecule has 0 aromatic carbocycles. The van der Waals surface area contributed by atoms with Gasteiger partial charge in [-0.05, 0) is 12.8 Å². The standard InChI is InChI=1S/C12H27NO3/c1-5-10(2)11(3)13-8-12(14)9-16-7-6-15-4/h10-14H,5-9H2,1-4H3. The molecule has 0 aromatic heterocycles. The molecule has 0 heterocycles. The fourth-order valence-electron chi connectivity index (χ4n) is 1.30. The minimum atomic E-state index is -0.441. The summed E-state index contributed by atoms with van der Waals surface area (Å²) in [5, 5.41) is 12.9. The molecule has 0 aliphatic carbocycles. The molecule has 0 aliphatic heterocycles. The number of hydrogen-bond donors (Lipinski definition) is 2. The van der Waals surface area contributed by atoms with Crippen LogP contribution in [0.5, 0.6) is 0 Å². The van der Waals surface area contributed by atoms with E-state index in [0.29, 0.717) is 38.3 Å². The zero-order valence-electron chi connectivity index (χ0n) is 11.0. The maximum absolute atomic E-state index is 9.62. The number of hydrogen-bond acceptors (Lipinski definition) is 4. The van der Waals surface area contributed by atoms with E-state index in [-0.39, 0.29) is 0 Å². The van der Waals surface area contributed by atoms with Gasteiger partial charge in [-0.25, -0.2) is 0 Å². The van der Waals surface area contributed by atoms with Crippen molar-refractivity contribution in [2.24, 2.45) is 5.92 Å². The van der Waals surface area contributed by atoms with Crippen molar-refractivity contribution in [1.29, 1.82) is 0 Å². The Bertz CT molecular complexity index is 155. The Morgan fingerprint density at radius 2 is 1.94 bits per heavy atom. The van der Waals surface area contributed by atoms with E-state index >= 15 is 0 Å². The largest absolute Gasteiger partial charge is 0.389 e. The lowest BCUT2D eigenvalue weighted by Crippen LogP contribution is -2.39. The third-order valence-corrected chi connectivity index (χ3v) is 2.91. The zero-order valence-corrected chi connectivity index (χ0v) is 11.0. The second-order valence-corrected chi connectivity index (χ2v) is 4.30. The van der Waals surface area contributed by atoms with E-state index in [1.165, 1.54) is 0 Å². The van der Waals surface area contributed by atoms with Crippen LogP contribution < -0.4 is 5.32 Å². The minimum absolute atomic E-state index is 0.365. The molecule has 0 aliphatic rings. The van der Waals surface area contributed by atoms with Gasteiger partial charge in [-0.3, -0.25) is 0 Å². The number of aliphatic hydroxyl groups is 1. The van der Waals surface area contributed by atoms with Gasteiger partial charge in [0.15, 0.2) is 0 Å². The van der Waals surface area contributed by atoms with Crippen molar-refractivity contribution in [3.63, 3.8) is 0 Å². The molecule has 2 N–H and O–H groups in total. The smallest absolute Gasteiger partial charge is 0.0897 e. The van der Waals surface area contributed by atoms with Gasteiger partial charge in [0.2, 0.25) is 0 Å². The van der Waals surface area contributed by atoms with Crippen LogP contribution in [0.3, 0.4) is 0 Å². The Morgan fingerprint density at radius 1 is 1.25 bits per heavy atom. The highest BCUT2D eigenvalue weighted by Crippen LogP contribution is 2.06. The molecular formula is C12H27NO3. The van der Waals surface area contributed by atoms with Crippen LogP contribution in [0.2, 0.25) is 0 Å². The van der Waals surface area contributed by atoms with E-state index in [4.69, 9.17) is 9.47 Å². The number of nitrogens with one attached hydrogen (secondary N) is 1. The molecule has 0 aromatic rings. The number of rotatable bonds is 10. The molecule has 0 saturated heterocycles. The van der Waals surface area contributed by atoms with Gasteiger partial charge in [0.25, 0.3) is 0 Å². The summed E-state index contributed by atoms with van der Waals surface area (Å²) in [6.45, 7) is 8.58. The van der Waals surface area contributed by atoms with E-state index in [1.807, 2.05) is 0 Å². The van der Waals surface area contributed by atoms with Crippen LogP contribution >= 0.6 is 0 Å². The second kappa shape index (κ2) is 10.0. The van der Waals surface area contributed by atoms with E-state index in [0.717, 1.165) is 6.42 Å². The number of aliphatic hydroxyl groups excluding tert-OH is 1. The molecule has 3 unspecified atom stereocenters. The van der Waals surface area contributed by atoms with Gasteiger partial charge in [0.05, 0.1) is 25.9 Å². The first-order valence-electron chi connectivity index (χ1n) is 6.09. The fraction of sp³-hybridized carbons (Fsp3) is 1.00. The van der Waals surface area contributed by atoms with Crippen LogP contribution in [0.1, 0.15) is 27.2 Å². The summed E-state index contributed by atoms with van der Waals surface area (Å²) in [4.78, 5) is 0. The first kappa shape index (κ1) is 15.8. The van der Waals surface area contributed by atoms with Crippen LogP contribution in [0.25, 0.3) is 0 Å². The molecule has 4 heteroatoms. The van der Waals surface area contributed by atoms with Gasteiger partial charge in [-0.2, -0.15) is 0 Å². The third kappa shape index (κ3) is 8.05. The van der Waals surface area contributed by atoms with Gasteiger partial charge < -0.3 is 19.9 Å². The lowest BCUT2D eigenvalue weighted by atomic mass is 10.0. The molecule has 3 atom stereocenters. The summed E-state index contributed by atoms with van der Waals surface area (Å²) in [6.07, 6.45) is 0.706. The van der Waals surface area contributed by atoms with Crippen molar-refractivity contribution in [3.8, 4) is 0 Å². The van der Waals surface area contributed by atoms with Crippen molar-refractivity contribution in [3.05, 3.63) is 0 Å². The van der Waals surface area contributed by atoms with Crippen LogP contribution in [0, 0.1) is 5.92 Å². The first-order valence-corrected chi connectivity index (χ1v) is 6.09. The van der Waals surface area contributed by atoms with Gasteiger partial charge in [0.1, 0.15) is 0 Å². The zero-order chi connectivity index (χ0) is 12.4. The van der Waals surface area contributed by atoms with E-state index in [9.17, 15) is 5.11 Å². The molecule has 0 radical (unpaired) electrons. The Labute approximate surface area is 99.3 Å². The van der Waals surface area contributed by atoms with Crippen LogP contribution in [0.15, 0.2) is 0 Å². The summed E-state index contributed by atoms with van der Waals surface area (Å²) in [5.41, 5.74) is 0. The maximum atomic E-state index is 9.62. The summed E-state index contributed by atoms with van der Waals surface area (Å²) in [5.74, 6) is 0.626. The molecule has 4 nitrogen and oxygen atoms in total. The van der Waals surface area contributed by atoms with Crippen LogP contribution in [0.4, 0.5) is 0 Å². The molecule has 98 valence electrons. The average Bonchev–Trinajstić information content (AvgIpc) is 2.30. The monoisotopic (exact) mass is 233 g/mol. The molecule has 0 rings (SSSR count). The average molecular weight is 233 g/mol. The highest BCUT2D eigenvalue weighted by Gasteiger charge is 2.11. The normalized spacial score (nSPS) is 17.1. The number of methoxy groups -OCH3 is 1. The van der Waals surface area contributed by atoms with Gasteiger partial charge in [0, 0.05) is 19.7 Å². The van der Waals surface area contributed by atoms with Crippen molar-refractivity contribution in [2.75, 3.05) is 33.5 Å². The first-order chi connectivity index (χ1) is 7.61. The number of ether oxygens (including phenoxy) is 2. The van der Waals surface area contributed by atoms with Gasteiger partial charge in [-0.15, -0.1) is 0 Å². The summed E-state index contributed by atoms with van der Waals surface area (Å²) < 4.78 is 10.1. The van der Waals surface area contributed by atoms with E-state index in [1.54, 1.807) is 7.11 Å². The van der Waals surface area contributed by atoms with Gasteiger partial charge >= 0.3 is 0 Å². The highest BCUT2D eigenvalue weighted by molar-refractivity contribution is 4.69. The lowest BCUT2D eigenvalue weighted by molar-refractivity contribution is 0.0125. The van der Waals surface area contributed by atoms with Crippen molar-refractivity contribution < 1.29 is 14.6 Å². The highest BCUT2D eigenvalue weighted by atomic mass is 16.5. The van der Waals surface area contributed by atoms with E-state index < -0.39 is 6.10 Å². The third-order valence-electron chi connectivity index (χ3n) is 2.91. The fourth-order valence-corrected chi connectivity index (χ4v) is 1.30. The topological polar surface area (TPSA) is 50.7 Å². The molecular weight excluding hydrogens is 206 g/mol. The van der Waals surface area contributed by atoms with Crippen molar-refractivity contribution >= 4 is 0 Å². The lowest BCUT2D eigenvalue weighted by Gasteiger charge is -2.21. The Balaban J connectivity index is 3.45.